The highest BCUT2D eigenvalue weighted by Crippen LogP contribution is 2.00. The lowest BCUT2D eigenvalue weighted by Crippen LogP contribution is -2.45. The van der Waals surface area contributed by atoms with Gasteiger partial charge in [0, 0.05) is 6.54 Å². The molecule has 0 radical (unpaired) electrons. The summed E-state index contributed by atoms with van der Waals surface area (Å²) in [5.74, 6) is -0.0952. The molecule has 0 aromatic heterocycles. The van der Waals surface area contributed by atoms with Crippen LogP contribution in [0.2, 0.25) is 0 Å². The largest absolute Gasteiger partial charge is 0.367 e. The molecule has 1 unspecified atom stereocenters. The lowest BCUT2D eigenvalue weighted by Gasteiger charge is -2.12. The maximum atomic E-state index is 11.5. The second kappa shape index (κ2) is 6.34. The molecule has 1 aliphatic rings. The molecule has 1 amide bonds. The second-order valence-corrected chi connectivity index (χ2v) is 3.96. The number of rotatable bonds is 5. The van der Waals surface area contributed by atoms with Crippen molar-refractivity contribution in [1.82, 2.24) is 16.2 Å². The molecule has 1 aromatic rings. The van der Waals surface area contributed by atoms with Crippen molar-refractivity contribution < 1.29 is 9.53 Å². The first-order valence-corrected chi connectivity index (χ1v) is 5.74. The minimum atomic E-state index is -0.0952. The SMILES string of the molecule is O=C(COCc1ccccc1)NC1CCNN1. The first-order chi connectivity index (χ1) is 8.34. The van der Waals surface area contributed by atoms with Crippen molar-refractivity contribution in [3.05, 3.63) is 35.9 Å². The summed E-state index contributed by atoms with van der Waals surface area (Å²) in [5.41, 5.74) is 6.98. The van der Waals surface area contributed by atoms with Gasteiger partial charge in [-0.1, -0.05) is 30.3 Å². The van der Waals surface area contributed by atoms with Gasteiger partial charge in [0.15, 0.2) is 0 Å². The molecule has 5 nitrogen and oxygen atoms in total. The second-order valence-electron chi connectivity index (χ2n) is 3.96. The number of hydrazine groups is 1. The summed E-state index contributed by atoms with van der Waals surface area (Å²) in [7, 11) is 0. The van der Waals surface area contributed by atoms with Gasteiger partial charge in [0.1, 0.15) is 6.61 Å². The fourth-order valence-electron chi connectivity index (χ4n) is 1.66. The molecule has 0 saturated carbocycles. The van der Waals surface area contributed by atoms with E-state index in [0.29, 0.717) is 6.61 Å². The fourth-order valence-corrected chi connectivity index (χ4v) is 1.66. The summed E-state index contributed by atoms with van der Waals surface area (Å²) in [4.78, 5) is 11.5. The third-order valence-corrected chi connectivity index (χ3v) is 2.51. The van der Waals surface area contributed by atoms with Crippen molar-refractivity contribution >= 4 is 5.91 Å². The summed E-state index contributed by atoms with van der Waals surface area (Å²) in [5, 5.41) is 2.83. The zero-order valence-electron chi connectivity index (χ0n) is 9.61. The van der Waals surface area contributed by atoms with Gasteiger partial charge in [-0.2, -0.15) is 0 Å². The van der Waals surface area contributed by atoms with Crippen molar-refractivity contribution in [2.75, 3.05) is 13.2 Å². The molecule has 92 valence electrons. The van der Waals surface area contributed by atoms with E-state index >= 15 is 0 Å². The number of carbonyl (C=O) groups is 1. The molecule has 2 rings (SSSR count). The van der Waals surface area contributed by atoms with Crippen molar-refractivity contribution in [1.29, 1.82) is 0 Å². The Balaban J connectivity index is 1.63. The smallest absolute Gasteiger partial charge is 0.247 e. The first kappa shape index (κ1) is 12.0. The third kappa shape index (κ3) is 4.14. The number of carbonyl (C=O) groups excluding carboxylic acids is 1. The van der Waals surface area contributed by atoms with Crippen LogP contribution in [0.25, 0.3) is 0 Å². The molecule has 17 heavy (non-hydrogen) atoms. The summed E-state index contributed by atoms with van der Waals surface area (Å²) in [6.07, 6.45) is 0.910. The van der Waals surface area contributed by atoms with Gasteiger partial charge in [-0.25, -0.2) is 5.43 Å². The monoisotopic (exact) mass is 235 g/mol. The van der Waals surface area contributed by atoms with Gasteiger partial charge in [0.05, 0.1) is 12.8 Å². The van der Waals surface area contributed by atoms with Gasteiger partial charge >= 0.3 is 0 Å². The Morgan fingerprint density at radius 2 is 2.24 bits per heavy atom. The Morgan fingerprint density at radius 1 is 1.41 bits per heavy atom. The van der Waals surface area contributed by atoms with Crippen molar-refractivity contribution in [3.63, 3.8) is 0 Å². The molecule has 0 bridgehead atoms. The van der Waals surface area contributed by atoms with Crippen LogP contribution in [0.1, 0.15) is 12.0 Å². The Bertz CT molecular complexity index is 350. The van der Waals surface area contributed by atoms with Gasteiger partial charge in [-0.15, -0.1) is 0 Å². The molecule has 0 aliphatic carbocycles. The van der Waals surface area contributed by atoms with Crippen molar-refractivity contribution in [2.45, 2.75) is 19.2 Å². The normalized spacial score (nSPS) is 19.2. The molecular weight excluding hydrogens is 218 g/mol. The van der Waals surface area contributed by atoms with E-state index in [1.807, 2.05) is 30.3 Å². The summed E-state index contributed by atoms with van der Waals surface area (Å²) < 4.78 is 5.33. The van der Waals surface area contributed by atoms with E-state index in [9.17, 15) is 4.79 Å². The Kier molecular flexibility index (Phi) is 4.49. The van der Waals surface area contributed by atoms with E-state index in [4.69, 9.17) is 4.74 Å². The highest BCUT2D eigenvalue weighted by molar-refractivity contribution is 5.77. The zero-order chi connectivity index (χ0) is 11.9. The molecular formula is C12H17N3O2. The van der Waals surface area contributed by atoms with Crippen LogP contribution in [0.4, 0.5) is 0 Å². The van der Waals surface area contributed by atoms with E-state index in [1.165, 1.54) is 0 Å². The number of ether oxygens (including phenoxy) is 1. The standard InChI is InChI=1S/C12H17N3O2/c16-12(14-11-6-7-13-15-11)9-17-8-10-4-2-1-3-5-10/h1-5,11,13,15H,6-9H2,(H,14,16). The Hall–Kier alpha value is -1.43. The van der Waals surface area contributed by atoms with Crippen molar-refractivity contribution in [3.8, 4) is 0 Å². The third-order valence-electron chi connectivity index (χ3n) is 2.51. The van der Waals surface area contributed by atoms with E-state index in [1.54, 1.807) is 0 Å². The molecule has 1 aliphatic heterocycles. The van der Waals surface area contributed by atoms with Crippen molar-refractivity contribution in [2.24, 2.45) is 0 Å². The Morgan fingerprint density at radius 3 is 2.94 bits per heavy atom. The van der Waals surface area contributed by atoms with Crippen LogP contribution in [-0.2, 0) is 16.1 Å². The topological polar surface area (TPSA) is 62.4 Å². The van der Waals surface area contributed by atoms with E-state index < -0.39 is 0 Å². The van der Waals surface area contributed by atoms with Gasteiger partial charge in [-0.05, 0) is 12.0 Å². The predicted octanol–water partition coefficient (Wildman–Crippen LogP) is 0.143. The van der Waals surface area contributed by atoms with Gasteiger partial charge in [-0.3, -0.25) is 10.2 Å². The molecule has 1 aromatic carbocycles. The Labute approximate surface area is 101 Å². The summed E-state index contributed by atoms with van der Waals surface area (Å²) in [6.45, 7) is 1.42. The van der Waals surface area contributed by atoms with E-state index in [2.05, 4.69) is 16.2 Å². The van der Waals surface area contributed by atoms with Crippen LogP contribution < -0.4 is 16.2 Å². The van der Waals surface area contributed by atoms with Gasteiger partial charge in [0.25, 0.3) is 0 Å². The number of hydrogen-bond donors (Lipinski definition) is 3. The number of hydrogen-bond acceptors (Lipinski definition) is 4. The van der Waals surface area contributed by atoms with Crippen LogP contribution >= 0.6 is 0 Å². The quantitative estimate of drug-likeness (QED) is 0.679. The fraction of sp³-hybridized carbons (Fsp3) is 0.417. The van der Waals surface area contributed by atoms with Crippen LogP contribution in [0.15, 0.2) is 30.3 Å². The molecule has 1 fully saturated rings. The highest BCUT2D eigenvalue weighted by Gasteiger charge is 2.15. The average Bonchev–Trinajstić information content (AvgIpc) is 2.83. The minimum Gasteiger partial charge on any atom is -0.367 e. The van der Waals surface area contributed by atoms with E-state index in [0.717, 1.165) is 18.5 Å². The molecule has 0 spiro atoms. The van der Waals surface area contributed by atoms with Crippen LogP contribution in [0, 0.1) is 0 Å². The highest BCUT2D eigenvalue weighted by atomic mass is 16.5. The van der Waals surface area contributed by atoms with Gasteiger partial charge < -0.3 is 10.1 Å². The minimum absolute atomic E-state index is 0.0165. The van der Waals surface area contributed by atoms with Crippen LogP contribution in [-0.4, -0.2) is 25.2 Å². The number of amides is 1. The molecule has 1 atom stereocenters. The zero-order valence-corrected chi connectivity index (χ0v) is 9.61. The first-order valence-electron chi connectivity index (χ1n) is 5.74. The lowest BCUT2D eigenvalue weighted by atomic mass is 10.2. The number of nitrogens with one attached hydrogen (secondary N) is 3. The molecule has 1 heterocycles. The molecule has 3 N–H and O–H groups in total. The molecule has 5 heteroatoms. The average molecular weight is 235 g/mol. The summed E-state index contributed by atoms with van der Waals surface area (Å²) in [6, 6.07) is 9.80. The summed E-state index contributed by atoms with van der Waals surface area (Å²) >= 11 is 0. The molecule has 1 saturated heterocycles. The van der Waals surface area contributed by atoms with E-state index in [-0.39, 0.29) is 18.7 Å². The lowest BCUT2D eigenvalue weighted by molar-refractivity contribution is -0.126. The maximum absolute atomic E-state index is 11.5. The predicted molar refractivity (Wildman–Crippen MR) is 63.8 cm³/mol. The number of benzene rings is 1. The van der Waals surface area contributed by atoms with Gasteiger partial charge in [0.2, 0.25) is 5.91 Å². The maximum Gasteiger partial charge on any atom is 0.247 e. The van der Waals surface area contributed by atoms with Crippen LogP contribution in [0.3, 0.4) is 0 Å². The van der Waals surface area contributed by atoms with Crippen LogP contribution in [0.5, 0.6) is 0 Å².